The Kier molecular flexibility index (Phi) is 4.21. The minimum Gasteiger partial charge on any atom is -0.497 e. The van der Waals surface area contributed by atoms with Crippen molar-refractivity contribution in [2.45, 2.75) is 18.8 Å². The van der Waals surface area contributed by atoms with Crippen molar-refractivity contribution in [1.82, 2.24) is 4.90 Å². The molecule has 0 amide bonds. The monoisotopic (exact) mass is 231 g/mol. The van der Waals surface area contributed by atoms with Crippen LogP contribution < -0.4 is 4.74 Å². The van der Waals surface area contributed by atoms with Gasteiger partial charge < -0.3 is 4.74 Å². The lowest BCUT2D eigenvalue weighted by Gasteiger charge is -2.32. The predicted molar refractivity (Wildman–Crippen MR) is 71.6 cm³/mol. The summed E-state index contributed by atoms with van der Waals surface area (Å²) in [7, 11) is 1.73. The highest BCUT2D eigenvalue weighted by Crippen LogP contribution is 2.28. The quantitative estimate of drug-likeness (QED) is 0.738. The molecule has 1 atom stereocenters. The lowest BCUT2D eigenvalue weighted by molar-refractivity contribution is 0.228. The molecule has 1 aromatic rings. The van der Waals surface area contributed by atoms with E-state index in [0.717, 1.165) is 18.8 Å². The molecular formula is C15H21NO. The van der Waals surface area contributed by atoms with Gasteiger partial charge in [0.2, 0.25) is 0 Å². The van der Waals surface area contributed by atoms with Gasteiger partial charge in [-0.2, -0.15) is 0 Å². The number of methoxy groups -OCH3 is 1. The number of piperidine rings is 1. The average molecular weight is 231 g/mol. The van der Waals surface area contributed by atoms with Crippen molar-refractivity contribution < 1.29 is 4.74 Å². The van der Waals surface area contributed by atoms with E-state index in [1.54, 1.807) is 7.11 Å². The number of ether oxygens (including phenoxy) is 1. The molecule has 0 bridgehead atoms. The van der Waals surface area contributed by atoms with Crippen molar-refractivity contribution in [2.24, 2.45) is 0 Å². The highest BCUT2D eigenvalue weighted by atomic mass is 16.5. The summed E-state index contributed by atoms with van der Waals surface area (Å²) in [5.41, 5.74) is 1.40. The first-order chi connectivity index (χ1) is 8.33. The summed E-state index contributed by atoms with van der Waals surface area (Å²) in [6.45, 7) is 7.16. The van der Waals surface area contributed by atoms with Crippen LogP contribution in [-0.4, -0.2) is 31.6 Å². The second kappa shape index (κ2) is 5.87. The maximum Gasteiger partial charge on any atom is 0.119 e. The maximum absolute atomic E-state index is 5.29. The molecular weight excluding hydrogens is 210 g/mol. The van der Waals surface area contributed by atoms with Gasteiger partial charge in [0, 0.05) is 13.1 Å². The zero-order valence-corrected chi connectivity index (χ0v) is 10.6. The Morgan fingerprint density at radius 3 is 3.18 bits per heavy atom. The van der Waals surface area contributed by atoms with Gasteiger partial charge in [-0.1, -0.05) is 18.2 Å². The summed E-state index contributed by atoms with van der Waals surface area (Å²) in [5.74, 6) is 1.60. The molecule has 0 spiro atoms. The van der Waals surface area contributed by atoms with Gasteiger partial charge in [-0.05, 0) is 43.0 Å². The highest BCUT2D eigenvalue weighted by molar-refractivity contribution is 5.31. The van der Waals surface area contributed by atoms with Crippen LogP contribution >= 0.6 is 0 Å². The number of hydrogen-bond donors (Lipinski definition) is 0. The van der Waals surface area contributed by atoms with Crippen LogP contribution in [0.3, 0.4) is 0 Å². The molecule has 0 radical (unpaired) electrons. The maximum atomic E-state index is 5.29. The second-order valence-corrected chi connectivity index (χ2v) is 4.66. The Hall–Kier alpha value is -1.28. The Morgan fingerprint density at radius 2 is 2.41 bits per heavy atom. The Balaban J connectivity index is 2.07. The van der Waals surface area contributed by atoms with Gasteiger partial charge >= 0.3 is 0 Å². The van der Waals surface area contributed by atoms with Crippen molar-refractivity contribution in [3.63, 3.8) is 0 Å². The first-order valence-corrected chi connectivity index (χ1v) is 6.30. The van der Waals surface area contributed by atoms with Gasteiger partial charge in [-0.25, -0.2) is 0 Å². The van der Waals surface area contributed by atoms with E-state index in [4.69, 9.17) is 4.74 Å². The van der Waals surface area contributed by atoms with E-state index in [9.17, 15) is 0 Å². The number of benzene rings is 1. The molecule has 17 heavy (non-hydrogen) atoms. The molecule has 1 aliphatic rings. The van der Waals surface area contributed by atoms with E-state index in [1.807, 2.05) is 12.1 Å². The molecule has 1 aliphatic heterocycles. The van der Waals surface area contributed by atoms with Crippen molar-refractivity contribution in [2.75, 3.05) is 26.7 Å². The largest absolute Gasteiger partial charge is 0.497 e. The third-order valence-electron chi connectivity index (χ3n) is 3.46. The van der Waals surface area contributed by atoms with E-state index >= 15 is 0 Å². The van der Waals surface area contributed by atoms with E-state index < -0.39 is 0 Å². The molecule has 92 valence electrons. The average Bonchev–Trinajstić information content (AvgIpc) is 2.40. The third kappa shape index (κ3) is 3.10. The highest BCUT2D eigenvalue weighted by Gasteiger charge is 2.20. The molecule has 2 nitrogen and oxygen atoms in total. The number of hydrogen-bond acceptors (Lipinski definition) is 2. The van der Waals surface area contributed by atoms with Gasteiger partial charge in [-0.15, -0.1) is 6.58 Å². The van der Waals surface area contributed by atoms with Gasteiger partial charge in [-0.3, -0.25) is 4.90 Å². The van der Waals surface area contributed by atoms with Crippen LogP contribution in [0.2, 0.25) is 0 Å². The zero-order chi connectivity index (χ0) is 12.1. The summed E-state index contributed by atoms with van der Waals surface area (Å²) < 4.78 is 5.29. The minimum atomic E-state index is 0.638. The first kappa shape index (κ1) is 12.2. The summed E-state index contributed by atoms with van der Waals surface area (Å²) >= 11 is 0. The lowest BCUT2D eigenvalue weighted by atomic mass is 9.90. The van der Waals surface area contributed by atoms with Crippen molar-refractivity contribution in [1.29, 1.82) is 0 Å². The molecule has 0 N–H and O–H groups in total. The number of nitrogens with zero attached hydrogens (tertiary/aromatic N) is 1. The summed E-state index contributed by atoms with van der Waals surface area (Å²) in [6, 6.07) is 8.47. The zero-order valence-electron chi connectivity index (χ0n) is 10.6. The molecule has 1 heterocycles. The van der Waals surface area contributed by atoms with Gasteiger partial charge in [0.05, 0.1) is 7.11 Å². The van der Waals surface area contributed by atoms with Crippen molar-refractivity contribution in [3.8, 4) is 5.75 Å². The predicted octanol–water partition coefficient (Wildman–Crippen LogP) is 3.06. The van der Waals surface area contributed by atoms with Crippen LogP contribution in [0.15, 0.2) is 36.9 Å². The van der Waals surface area contributed by atoms with Crippen molar-refractivity contribution >= 4 is 0 Å². The standard InChI is InChI=1S/C15H21NO/c1-3-9-16-10-5-7-14(12-16)13-6-4-8-15(11-13)17-2/h3-4,6,8,11,14H,1,5,7,9-10,12H2,2H3/t14-/m1/s1. The topological polar surface area (TPSA) is 12.5 Å². The summed E-state index contributed by atoms with van der Waals surface area (Å²) in [5, 5.41) is 0. The van der Waals surface area contributed by atoms with E-state index in [1.165, 1.54) is 24.9 Å². The fourth-order valence-corrected chi connectivity index (χ4v) is 2.57. The lowest BCUT2D eigenvalue weighted by Crippen LogP contribution is -2.34. The van der Waals surface area contributed by atoms with E-state index in [2.05, 4.69) is 29.7 Å². The SMILES string of the molecule is C=CCN1CCC[C@@H](c2cccc(OC)c2)C1. The second-order valence-electron chi connectivity index (χ2n) is 4.66. The molecule has 0 saturated carbocycles. The van der Waals surface area contributed by atoms with Crippen LogP contribution in [0.5, 0.6) is 5.75 Å². The van der Waals surface area contributed by atoms with Gasteiger partial charge in [0.1, 0.15) is 5.75 Å². The minimum absolute atomic E-state index is 0.638. The van der Waals surface area contributed by atoms with Crippen LogP contribution in [0.4, 0.5) is 0 Å². The molecule has 1 aromatic carbocycles. The van der Waals surface area contributed by atoms with Crippen LogP contribution in [-0.2, 0) is 0 Å². The van der Waals surface area contributed by atoms with Crippen molar-refractivity contribution in [3.05, 3.63) is 42.5 Å². The van der Waals surface area contributed by atoms with E-state index in [0.29, 0.717) is 5.92 Å². The molecule has 2 heteroatoms. The molecule has 0 aromatic heterocycles. The molecule has 0 aliphatic carbocycles. The normalized spacial score (nSPS) is 21.1. The third-order valence-corrected chi connectivity index (χ3v) is 3.46. The first-order valence-electron chi connectivity index (χ1n) is 6.30. The fraction of sp³-hybridized carbons (Fsp3) is 0.467. The van der Waals surface area contributed by atoms with Crippen LogP contribution in [0.1, 0.15) is 24.3 Å². The summed E-state index contributed by atoms with van der Waals surface area (Å²) in [6.07, 6.45) is 4.55. The number of likely N-dealkylation sites (tertiary alicyclic amines) is 1. The molecule has 1 saturated heterocycles. The van der Waals surface area contributed by atoms with Gasteiger partial charge in [0.25, 0.3) is 0 Å². The Morgan fingerprint density at radius 1 is 1.53 bits per heavy atom. The molecule has 0 unspecified atom stereocenters. The van der Waals surface area contributed by atoms with E-state index in [-0.39, 0.29) is 0 Å². The van der Waals surface area contributed by atoms with Gasteiger partial charge in [0.15, 0.2) is 0 Å². The van der Waals surface area contributed by atoms with Crippen LogP contribution in [0, 0.1) is 0 Å². The fourth-order valence-electron chi connectivity index (χ4n) is 2.57. The van der Waals surface area contributed by atoms with Crippen LogP contribution in [0.25, 0.3) is 0 Å². The molecule has 1 fully saturated rings. The number of rotatable bonds is 4. The Bertz CT molecular complexity index is 375. The smallest absolute Gasteiger partial charge is 0.119 e. The summed E-state index contributed by atoms with van der Waals surface area (Å²) in [4.78, 5) is 2.47. The molecule has 2 rings (SSSR count). The Labute approximate surface area is 104 Å².